The number of rotatable bonds is 6. The number of likely N-dealkylation sites (tertiary alicyclic amines) is 1. The molecule has 0 radical (unpaired) electrons. The molecule has 0 bridgehead atoms. The molecule has 0 spiro atoms. The Labute approximate surface area is 176 Å². The lowest BCUT2D eigenvalue weighted by Crippen LogP contribution is -2.45. The molecule has 2 amide bonds. The smallest absolute Gasteiger partial charge is 0.227 e. The molecule has 0 aliphatic carbocycles. The van der Waals surface area contributed by atoms with E-state index in [2.05, 4.69) is 27.9 Å². The maximum atomic E-state index is 12.8. The summed E-state index contributed by atoms with van der Waals surface area (Å²) in [6, 6.07) is 17.8. The van der Waals surface area contributed by atoms with Crippen LogP contribution >= 0.6 is 0 Å². The number of aryl methyl sites for hydroxylation is 1. The third-order valence-corrected chi connectivity index (χ3v) is 5.81. The lowest BCUT2D eigenvalue weighted by Gasteiger charge is -2.32. The second-order valence-electron chi connectivity index (χ2n) is 7.82. The van der Waals surface area contributed by atoms with Gasteiger partial charge in [-0.15, -0.1) is 0 Å². The van der Waals surface area contributed by atoms with Gasteiger partial charge in [0, 0.05) is 19.6 Å². The van der Waals surface area contributed by atoms with Crippen molar-refractivity contribution in [1.82, 2.24) is 19.8 Å². The van der Waals surface area contributed by atoms with Gasteiger partial charge in [0.2, 0.25) is 11.8 Å². The summed E-state index contributed by atoms with van der Waals surface area (Å²) in [5, 5.41) is 3.05. The van der Waals surface area contributed by atoms with Crippen molar-refractivity contribution < 1.29 is 9.59 Å². The first-order valence-electron chi connectivity index (χ1n) is 10.7. The van der Waals surface area contributed by atoms with Crippen LogP contribution in [0.25, 0.3) is 11.0 Å². The number of imidazole rings is 1. The van der Waals surface area contributed by atoms with Gasteiger partial charge >= 0.3 is 0 Å². The Kier molecular flexibility index (Phi) is 6.12. The highest BCUT2D eigenvalue weighted by molar-refractivity contribution is 5.82. The Morgan fingerprint density at radius 1 is 1.10 bits per heavy atom. The molecule has 6 heteroatoms. The average molecular weight is 405 g/mol. The topological polar surface area (TPSA) is 67.2 Å². The van der Waals surface area contributed by atoms with Crippen LogP contribution in [0.2, 0.25) is 0 Å². The Morgan fingerprint density at radius 3 is 2.67 bits per heavy atom. The Balaban J connectivity index is 1.36. The van der Waals surface area contributed by atoms with Crippen molar-refractivity contribution in [2.24, 2.45) is 5.92 Å². The molecule has 1 aliphatic rings. The van der Waals surface area contributed by atoms with E-state index in [1.54, 1.807) is 0 Å². The quantitative estimate of drug-likeness (QED) is 0.686. The first-order chi connectivity index (χ1) is 14.7. The number of nitrogens with one attached hydrogen (secondary N) is 1. The van der Waals surface area contributed by atoms with Gasteiger partial charge in [-0.3, -0.25) is 9.59 Å². The largest absolute Gasteiger partial charge is 0.349 e. The van der Waals surface area contributed by atoms with Crippen LogP contribution in [-0.2, 0) is 29.1 Å². The summed E-state index contributed by atoms with van der Waals surface area (Å²) >= 11 is 0. The van der Waals surface area contributed by atoms with Gasteiger partial charge in [0.05, 0.1) is 29.9 Å². The third-order valence-electron chi connectivity index (χ3n) is 5.81. The molecule has 1 aliphatic heterocycles. The summed E-state index contributed by atoms with van der Waals surface area (Å²) in [5.41, 5.74) is 3.03. The van der Waals surface area contributed by atoms with E-state index < -0.39 is 0 Å². The molecule has 2 heterocycles. The van der Waals surface area contributed by atoms with Crippen LogP contribution in [0.1, 0.15) is 31.2 Å². The molecular formula is C24H28N4O2. The second-order valence-corrected chi connectivity index (χ2v) is 7.82. The predicted octanol–water partition coefficient (Wildman–Crippen LogP) is 3.15. The fraction of sp³-hybridized carbons (Fsp3) is 0.375. The Hall–Kier alpha value is -3.15. The van der Waals surface area contributed by atoms with Gasteiger partial charge < -0.3 is 14.8 Å². The summed E-state index contributed by atoms with van der Waals surface area (Å²) in [6.07, 6.45) is 2.05. The summed E-state index contributed by atoms with van der Waals surface area (Å²) in [5.74, 6) is 0.784. The van der Waals surface area contributed by atoms with Gasteiger partial charge in [-0.05, 0) is 37.5 Å². The minimum Gasteiger partial charge on any atom is -0.349 e. The molecule has 3 aromatic rings. The van der Waals surface area contributed by atoms with E-state index in [4.69, 9.17) is 0 Å². The number of para-hydroxylation sites is 2. The first-order valence-corrected chi connectivity index (χ1v) is 10.7. The first kappa shape index (κ1) is 20.1. The SMILES string of the molecule is CCn1c(CNC(=O)[C@@H]2CCCN(C(=O)Cc3ccccc3)C2)nc2ccccc21. The van der Waals surface area contributed by atoms with Crippen LogP contribution in [0, 0.1) is 5.92 Å². The van der Waals surface area contributed by atoms with Crippen molar-refractivity contribution in [3.63, 3.8) is 0 Å². The highest BCUT2D eigenvalue weighted by Gasteiger charge is 2.28. The zero-order valence-corrected chi connectivity index (χ0v) is 17.4. The molecule has 0 saturated carbocycles. The summed E-state index contributed by atoms with van der Waals surface area (Å²) in [7, 11) is 0. The fourth-order valence-corrected chi connectivity index (χ4v) is 4.22. The maximum absolute atomic E-state index is 12.8. The minimum atomic E-state index is -0.169. The number of carbonyl (C=O) groups is 2. The molecular weight excluding hydrogens is 376 g/mol. The van der Waals surface area contributed by atoms with Gasteiger partial charge in [0.15, 0.2) is 0 Å². The predicted molar refractivity (Wildman–Crippen MR) is 117 cm³/mol. The number of hydrogen-bond donors (Lipinski definition) is 1. The third kappa shape index (κ3) is 4.37. The van der Waals surface area contributed by atoms with Crippen molar-refractivity contribution in [3.05, 3.63) is 66.0 Å². The molecule has 1 saturated heterocycles. The number of hydrogen-bond acceptors (Lipinski definition) is 3. The number of aromatic nitrogens is 2. The van der Waals surface area contributed by atoms with Crippen molar-refractivity contribution in [2.75, 3.05) is 13.1 Å². The van der Waals surface area contributed by atoms with Gasteiger partial charge in [-0.25, -0.2) is 4.98 Å². The van der Waals surface area contributed by atoms with E-state index >= 15 is 0 Å². The average Bonchev–Trinajstić information content (AvgIpc) is 3.15. The van der Waals surface area contributed by atoms with Crippen LogP contribution < -0.4 is 5.32 Å². The number of fused-ring (bicyclic) bond motifs is 1. The van der Waals surface area contributed by atoms with Crippen LogP contribution in [0.15, 0.2) is 54.6 Å². The standard InChI is InChI=1S/C24H28N4O2/c1-2-28-21-13-7-6-12-20(21)26-22(28)16-25-24(30)19-11-8-14-27(17-19)23(29)15-18-9-4-3-5-10-18/h3-7,9-10,12-13,19H,2,8,11,14-17H2,1H3,(H,25,30)/t19-/m1/s1. The molecule has 6 nitrogen and oxygen atoms in total. The van der Waals surface area contributed by atoms with E-state index in [1.807, 2.05) is 53.4 Å². The van der Waals surface area contributed by atoms with Crippen LogP contribution in [0.3, 0.4) is 0 Å². The fourth-order valence-electron chi connectivity index (χ4n) is 4.22. The number of carbonyl (C=O) groups excluding carboxylic acids is 2. The van der Waals surface area contributed by atoms with E-state index in [-0.39, 0.29) is 17.7 Å². The normalized spacial score (nSPS) is 16.6. The summed E-state index contributed by atoms with van der Waals surface area (Å²) < 4.78 is 2.13. The van der Waals surface area contributed by atoms with Crippen molar-refractivity contribution in [2.45, 2.75) is 39.3 Å². The van der Waals surface area contributed by atoms with Crippen molar-refractivity contribution >= 4 is 22.8 Å². The van der Waals surface area contributed by atoms with Crippen molar-refractivity contribution in [3.8, 4) is 0 Å². The number of nitrogens with zero attached hydrogens (tertiary/aromatic N) is 3. The molecule has 0 unspecified atom stereocenters. The highest BCUT2D eigenvalue weighted by Crippen LogP contribution is 2.19. The minimum absolute atomic E-state index is 0.00178. The Morgan fingerprint density at radius 2 is 1.87 bits per heavy atom. The lowest BCUT2D eigenvalue weighted by molar-refractivity contribution is -0.135. The second kappa shape index (κ2) is 9.11. The lowest BCUT2D eigenvalue weighted by atomic mass is 9.96. The molecule has 1 aromatic heterocycles. The van der Waals surface area contributed by atoms with Gasteiger partial charge in [-0.2, -0.15) is 0 Å². The molecule has 4 rings (SSSR count). The van der Waals surface area contributed by atoms with E-state index in [0.717, 1.165) is 48.4 Å². The zero-order chi connectivity index (χ0) is 20.9. The molecule has 1 fully saturated rings. The van der Waals surface area contributed by atoms with Crippen LogP contribution in [0.4, 0.5) is 0 Å². The Bertz CT molecular complexity index is 1030. The zero-order valence-electron chi connectivity index (χ0n) is 17.4. The van der Waals surface area contributed by atoms with E-state index in [9.17, 15) is 9.59 Å². The summed E-state index contributed by atoms with van der Waals surface area (Å²) in [4.78, 5) is 32.0. The molecule has 30 heavy (non-hydrogen) atoms. The highest BCUT2D eigenvalue weighted by atomic mass is 16.2. The van der Waals surface area contributed by atoms with Gasteiger partial charge in [-0.1, -0.05) is 42.5 Å². The molecule has 156 valence electrons. The number of piperidine rings is 1. The van der Waals surface area contributed by atoms with Crippen molar-refractivity contribution in [1.29, 1.82) is 0 Å². The number of amides is 2. The molecule has 1 atom stereocenters. The summed E-state index contributed by atoms with van der Waals surface area (Å²) in [6.45, 7) is 4.49. The monoisotopic (exact) mass is 404 g/mol. The van der Waals surface area contributed by atoms with Gasteiger partial charge in [0.25, 0.3) is 0 Å². The molecule has 2 aromatic carbocycles. The van der Waals surface area contributed by atoms with Crippen LogP contribution in [0.5, 0.6) is 0 Å². The van der Waals surface area contributed by atoms with Crippen LogP contribution in [-0.4, -0.2) is 39.4 Å². The molecule has 1 N–H and O–H groups in total. The number of benzene rings is 2. The maximum Gasteiger partial charge on any atom is 0.227 e. The van der Waals surface area contributed by atoms with Gasteiger partial charge in [0.1, 0.15) is 5.82 Å². The van der Waals surface area contributed by atoms with E-state index in [0.29, 0.717) is 19.5 Å². The van der Waals surface area contributed by atoms with E-state index in [1.165, 1.54) is 0 Å².